The number of hydrogen-bond donors (Lipinski definition) is 2. The summed E-state index contributed by atoms with van der Waals surface area (Å²) in [5.41, 5.74) is 1.81. The Morgan fingerprint density at radius 1 is 1.37 bits per heavy atom. The van der Waals surface area contributed by atoms with E-state index in [1.54, 1.807) is 0 Å². The Labute approximate surface area is 115 Å². The normalized spacial score (nSPS) is 11.9. The highest BCUT2D eigenvalue weighted by atomic mass is 16.5. The number of hydrogen-bond acceptors (Lipinski definition) is 3. The molecule has 1 aromatic carbocycles. The van der Waals surface area contributed by atoms with Crippen LogP contribution >= 0.6 is 0 Å². The van der Waals surface area contributed by atoms with Crippen LogP contribution in [-0.4, -0.2) is 26.2 Å². The van der Waals surface area contributed by atoms with Gasteiger partial charge in [-0.25, -0.2) is 0 Å². The zero-order valence-corrected chi connectivity index (χ0v) is 12.0. The fourth-order valence-electron chi connectivity index (χ4n) is 1.92. The molecule has 19 heavy (non-hydrogen) atoms. The van der Waals surface area contributed by atoms with Gasteiger partial charge >= 0.3 is 0 Å². The molecule has 0 aliphatic carbocycles. The summed E-state index contributed by atoms with van der Waals surface area (Å²) >= 11 is 0. The second-order valence-electron chi connectivity index (χ2n) is 4.84. The first-order chi connectivity index (χ1) is 9.15. The standard InChI is InChI=1S/C15H24N2O2/c1-4-6-12(2)10-16-13-7-5-8-14(9-13)17-15(18)11-19-3/h5,7-9,12,16H,4,6,10-11H2,1-3H3,(H,17,18). The van der Waals surface area contributed by atoms with Crippen LogP contribution in [0.2, 0.25) is 0 Å². The Bertz CT molecular complexity index is 393. The van der Waals surface area contributed by atoms with Crippen molar-refractivity contribution >= 4 is 17.3 Å². The fourth-order valence-corrected chi connectivity index (χ4v) is 1.92. The summed E-state index contributed by atoms with van der Waals surface area (Å²) in [6.45, 7) is 5.46. The summed E-state index contributed by atoms with van der Waals surface area (Å²) < 4.78 is 4.78. The number of carbonyl (C=O) groups excluding carboxylic acids is 1. The number of ether oxygens (including phenoxy) is 1. The summed E-state index contributed by atoms with van der Waals surface area (Å²) in [6, 6.07) is 7.74. The van der Waals surface area contributed by atoms with Gasteiger partial charge in [-0.05, 0) is 30.5 Å². The van der Waals surface area contributed by atoms with Crippen molar-refractivity contribution in [1.82, 2.24) is 0 Å². The zero-order valence-electron chi connectivity index (χ0n) is 12.0. The number of carbonyl (C=O) groups is 1. The van der Waals surface area contributed by atoms with Crippen molar-refractivity contribution < 1.29 is 9.53 Å². The molecule has 0 saturated carbocycles. The van der Waals surface area contributed by atoms with E-state index in [0.717, 1.165) is 17.9 Å². The van der Waals surface area contributed by atoms with Crippen LogP contribution < -0.4 is 10.6 Å². The average Bonchev–Trinajstić information content (AvgIpc) is 2.37. The van der Waals surface area contributed by atoms with Crippen molar-refractivity contribution in [3.05, 3.63) is 24.3 Å². The van der Waals surface area contributed by atoms with Crippen LogP contribution in [0.25, 0.3) is 0 Å². The zero-order chi connectivity index (χ0) is 14.1. The molecule has 0 fully saturated rings. The molecule has 2 N–H and O–H groups in total. The van der Waals surface area contributed by atoms with E-state index in [1.165, 1.54) is 20.0 Å². The second-order valence-corrected chi connectivity index (χ2v) is 4.84. The smallest absolute Gasteiger partial charge is 0.250 e. The third kappa shape index (κ3) is 6.25. The van der Waals surface area contributed by atoms with Crippen molar-refractivity contribution in [2.24, 2.45) is 5.92 Å². The quantitative estimate of drug-likeness (QED) is 0.758. The molecule has 0 spiro atoms. The van der Waals surface area contributed by atoms with Gasteiger partial charge in [0.15, 0.2) is 0 Å². The fraction of sp³-hybridized carbons (Fsp3) is 0.533. The molecule has 0 bridgehead atoms. The molecule has 1 atom stereocenters. The molecule has 4 heteroatoms. The molecular formula is C15H24N2O2. The predicted octanol–water partition coefficient (Wildman–Crippen LogP) is 3.12. The third-order valence-electron chi connectivity index (χ3n) is 2.86. The van der Waals surface area contributed by atoms with E-state index in [9.17, 15) is 4.79 Å². The highest BCUT2D eigenvalue weighted by molar-refractivity contribution is 5.92. The van der Waals surface area contributed by atoms with Gasteiger partial charge in [0.25, 0.3) is 0 Å². The molecule has 0 aliphatic heterocycles. The minimum absolute atomic E-state index is 0.0746. The minimum atomic E-state index is -0.140. The SMILES string of the molecule is CCCC(C)CNc1cccc(NC(=O)COC)c1. The molecule has 1 amide bonds. The lowest BCUT2D eigenvalue weighted by Crippen LogP contribution is -2.17. The molecule has 0 saturated heterocycles. The maximum absolute atomic E-state index is 11.4. The Morgan fingerprint density at radius 3 is 2.79 bits per heavy atom. The number of benzene rings is 1. The van der Waals surface area contributed by atoms with Gasteiger partial charge in [-0.1, -0.05) is 26.3 Å². The molecule has 0 radical (unpaired) electrons. The molecule has 1 rings (SSSR count). The molecular weight excluding hydrogens is 240 g/mol. The van der Waals surface area contributed by atoms with Gasteiger partial charge in [-0.3, -0.25) is 4.79 Å². The van der Waals surface area contributed by atoms with Crippen LogP contribution in [-0.2, 0) is 9.53 Å². The van der Waals surface area contributed by atoms with Gasteiger partial charge in [0.2, 0.25) is 5.91 Å². The third-order valence-corrected chi connectivity index (χ3v) is 2.86. The summed E-state index contributed by atoms with van der Waals surface area (Å²) in [7, 11) is 1.51. The molecule has 4 nitrogen and oxygen atoms in total. The lowest BCUT2D eigenvalue weighted by Gasteiger charge is -2.13. The van der Waals surface area contributed by atoms with Gasteiger partial charge in [0.05, 0.1) is 0 Å². The lowest BCUT2D eigenvalue weighted by molar-refractivity contribution is -0.119. The Kier molecular flexibility index (Phi) is 6.97. The molecule has 1 unspecified atom stereocenters. The van der Waals surface area contributed by atoms with Crippen LogP contribution in [0.1, 0.15) is 26.7 Å². The molecule has 0 aromatic heterocycles. The van der Waals surface area contributed by atoms with E-state index in [2.05, 4.69) is 24.5 Å². The number of methoxy groups -OCH3 is 1. The van der Waals surface area contributed by atoms with E-state index < -0.39 is 0 Å². The van der Waals surface area contributed by atoms with Crippen LogP contribution in [0, 0.1) is 5.92 Å². The van der Waals surface area contributed by atoms with E-state index in [1.807, 2.05) is 24.3 Å². The maximum atomic E-state index is 11.4. The first-order valence-electron chi connectivity index (χ1n) is 6.78. The van der Waals surface area contributed by atoms with Crippen LogP contribution in [0.3, 0.4) is 0 Å². The summed E-state index contributed by atoms with van der Waals surface area (Å²) in [5, 5.41) is 6.18. The highest BCUT2D eigenvalue weighted by Gasteiger charge is 2.03. The summed E-state index contributed by atoms with van der Waals surface area (Å²) in [5.74, 6) is 0.510. The first-order valence-corrected chi connectivity index (χ1v) is 6.78. The summed E-state index contributed by atoms with van der Waals surface area (Å²) in [6.07, 6.45) is 2.42. The largest absolute Gasteiger partial charge is 0.385 e. The van der Waals surface area contributed by atoms with Gasteiger partial charge in [-0.2, -0.15) is 0 Å². The molecule has 106 valence electrons. The maximum Gasteiger partial charge on any atom is 0.250 e. The minimum Gasteiger partial charge on any atom is -0.385 e. The van der Waals surface area contributed by atoms with Gasteiger partial charge < -0.3 is 15.4 Å². The van der Waals surface area contributed by atoms with Crippen molar-refractivity contribution in [3.63, 3.8) is 0 Å². The lowest BCUT2D eigenvalue weighted by atomic mass is 10.1. The van der Waals surface area contributed by atoms with E-state index in [-0.39, 0.29) is 12.5 Å². The van der Waals surface area contributed by atoms with E-state index >= 15 is 0 Å². The van der Waals surface area contributed by atoms with E-state index in [4.69, 9.17) is 4.74 Å². The highest BCUT2D eigenvalue weighted by Crippen LogP contribution is 2.16. The summed E-state index contributed by atoms with van der Waals surface area (Å²) in [4.78, 5) is 11.4. The van der Waals surface area contributed by atoms with Crippen molar-refractivity contribution in [3.8, 4) is 0 Å². The molecule has 1 aromatic rings. The Hall–Kier alpha value is -1.55. The number of nitrogens with one attached hydrogen (secondary N) is 2. The predicted molar refractivity (Wildman–Crippen MR) is 79.5 cm³/mol. The van der Waals surface area contributed by atoms with Gasteiger partial charge in [0.1, 0.15) is 6.61 Å². The van der Waals surface area contributed by atoms with Gasteiger partial charge in [0, 0.05) is 25.0 Å². The van der Waals surface area contributed by atoms with Gasteiger partial charge in [-0.15, -0.1) is 0 Å². The monoisotopic (exact) mass is 264 g/mol. The Morgan fingerprint density at radius 2 is 2.11 bits per heavy atom. The van der Waals surface area contributed by atoms with Crippen molar-refractivity contribution in [2.45, 2.75) is 26.7 Å². The number of rotatable bonds is 8. The Balaban J connectivity index is 2.49. The molecule has 0 heterocycles. The van der Waals surface area contributed by atoms with Crippen molar-refractivity contribution in [2.75, 3.05) is 30.9 Å². The average molecular weight is 264 g/mol. The topological polar surface area (TPSA) is 50.4 Å². The van der Waals surface area contributed by atoms with Crippen LogP contribution in [0.4, 0.5) is 11.4 Å². The number of anilines is 2. The first kappa shape index (κ1) is 15.5. The van der Waals surface area contributed by atoms with Crippen LogP contribution in [0.5, 0.6) is 0 Å². The van der Waals surface area contributed by atoms with Crippen LogP contribution in [0.15, 0.2) is 24.3 Å². The number of amides is 1. The van der Waals surface area contributed by atoms with E-state index in [0.29, 0.717) is 5.92 Å². The second kappa shape index (κ2) is 8.53. The molecule has 0 aliphatic rings. The van der Waals surface area contributed by atoms with Crippen molar-refractivity contribution in [1.29, 1.82) is 0 Å².